The SMILES string of the molecule is COC1=C(F)C(c2cc3c(s2)CCC(C(C)N)C3)C(C)c2c1c(=O)[nH]c(=O)n2C1CC1. The number of H-pyrrole nitrogens is 1. The summed E-state index contributed by atoms with van der Waals surface area (Å²) >= 11 is 1.64. The van der Waals surface area contributed by atoms with Crippen LogP contribution in [0.1, 0.15) is 77.6 Å². The third-order valence-electron chi connectivity index (χ3n) is 7.14. The van der Waals surface area contributed by atoms with E-state index in [2.05, 4.69) is 11.1 Å². The van der Waals surface area contributed by atoms with Gasteiger partial charge in [0.2, 0.25) is 0 Å². The maximum Gasteiger partial charge on any atom is 0.328 e. The molecule has 3 aliphatic carbocycles. The number of hydrogen-bond donors (Lipinski definition) is 2. The fourth-order valence-corrected chi connectivity index (χ4v) is 6.73. The third-order valence-corrected chi connectivity index (χ3v) is 8.46. The Morgan fingerprint density at radius 3 is 2.71 bits per heavy atom. The molecule has 1 fully saturated rings. The summed E-state index contributed by atoms with van der Waals surface area (Å²) in [6, 6.07) is 2.30. The van der Waals surface area contributed by atoms with Crippen LogP contribution in [-0.2, 0) is 17.6 Å². The number of nitrogens with two attached hydrogens (primary N) is 1. The van der Waals surface area contributed by atoms with Crippen molar-refractivity contribution in [1.29, 1.82) is 0 Å². The van der Waals surface area contributed by atoms with E-state index < -0.39 is 23.0 Å². The van der Waals surface area contributed by atoms with Crippen molar-refractivity contribution in [2.75, 3.05) is 7.11 Å². The fourth-order valence-electron chi connectivity index (χ4n) is 5.31. The second kappa shape index (κ2) is 7.45. The van der Waals surface area contributed by atoms with Crippen molar-refractivity contribution in [3.8, 4) is 0 Å². The van der Waals surface area contributed by atoms with E-state index in [1.165, 1.54) is 17.6 Å². The molecule has 3 N–H and O–H groups in total. The normalized spacial score (nSPS) is 26.4. The number of fused-ring (bicyclic) bond motifs is 2. The summed E-state index contributed by atoms with van der Waals surface area (Å²) in [7, 11) is 1.38. The molecule has 0 amide bonds. The van der Waals surface area contributed by atoms with Crippen LogP contribution in [0.2, 0.25) is 0 Å². The van der Waals surface area contributed by atoms with Crippen LogP contribution in [0.5, 0.6) is 0 Å². The van der Waals surface area contributed by atoms with Gasteiger partial charge in [0.1, 0.15) is 5.56 Å². The number of hydrogen-bond acceptors (Lipinski definition) is 5. The van der Waals surface area contributed by atoms with Gasteiger partial charge in [0.05, 0.1) is 13.0 Å². The summed E-state index contributed by atoms with van der Waals surface area (Å²) in [6.07, 6.45) is 4.69. The number of aryl methyl sites for hydroxylation is 1. The van der Waals surface area contributed by atoms with Crippen molar-refractivity contribution >= 4 is 17.1 Å². The summed E-state index contributed by atoms with van der Waals surface area (Å²) in [5, 5.41) is 0. The lowest BCUT2D eigenvalue weighted by molar-refractivity contribution is 0.333. The van der Waals surface area contributed by atoms with Crippen molar-refractivity contribution in [1.82, 2.24) is 9.55 Å². The van der Waals surface area contributed by atoms with Crippen LogP contribution in [0.4, 0.5) is 4.39 Å². The molecule has 2 heterocycles. The van der Waals surface area contributed by atoms with Gasteiger partial charge in [-0.2, -0.15) is 0 Å². The Morgan fingerprint density at radius 1 is 1.32 bits per heavy atom. The van der Waals surface area contributed by atoms with Crippen molar-refractivity contribution in [2.24, 2.45) is 11.7 Å². The number of methoxy groups -OCH3 is 1. The first-order valence-electron chi connectivity index (χ1n) is 11.0. The first-order valence-corrected chi connectivity index (χ1v) is 11.8. The Hall–Kier alpha value is -2.19. The Morgan fingerprint density at radius 2 is 2.06 bits per heavy atom. The first-order chi connectivity index (χ1) is 14.8. The molecule has 2 aromatic rings. The molecule has 0 bridgehead atoms. The topological polar surface area (TPSA) is 90.1 Å². The van der Waals surface area contributed by atoms with Gasteiger partial charge in [-0.1, -0.05) is 6.92 Å². The lowest BCUT2D eigenvalue weighted by atomic mass is 9.79. The monoisotopic (exact) mass is 445 g/mol. The number of thiophene rings is 1. The highest BCUT2D eigenvalue weighted by Crippen LogP contribution is 2.51. The van der Waals surface area contributed by atoms with E-state index in [0.717, 1.165) is 37.0 Å². The van der Waals surface area contributed by atoms with Gasteiger partial charge < -0.3 is 10.5 Å². The van der Waals surface area contributed by atoms with E-state index >= 15 is 4.39 Å². The van der Waals surface area contributed by atoms with Crippen LogP contribution in [0.25, 0.3) is 5.76 Å². The molecule has 3 aliphatic rings. The van der Waals surface area contributed by atoms with Crippen molar-refractivity contribution in [2.45, 2.75) is 69.9 Å². The van der Waals surface area contributed by atoms with Crippen LogP contribution in [0.15, 0.2) is 21.5 Å². The Bertz CT molecular complexity index is 1190. The quantitative estimate of drug-likeness (QED) is 0.753. The van der Waals surface area contributed by atoms with Gasteiger partial charge in [0.15, 0.2) is 11.6 Å². The molecule has 1 saturated carbocycles. The van der Waals surface area contributed by atoms with Crippen LogP contribution in [0.3, 0.4) is 0 Å². The Labute approximate surface area is 183 Å². The highest BCUT2D eigenvalue weighted by Gasteiger charge is 2.43. The van der Waals surface area contributed by atoms with Crippen LogP contribution in [-0.4, -0.2) is 22.7 Å². The number of ether oxygens (including phenoxy) is 1. The van der Waals surface area contributed by atoms with Crippen molar-refractivity contribution in [3.63, 3.8) is 0 Å². The van der Waals surface area contributed by atoms with E-state index in [1.807, 2.05) is 13.8 Å². The largest absolute Gasteiger partial charge is 0.493 e. The molecule has 4 unspecified atom stereocenters. The Balaban J connectivity index is 1.65. The number of nitrogens with zero attached hydrogens (tertiary/aromatic N) is 1. The maximum atomic E-state index is 15.8. The number of rotatable bonds is 4. The van der Waals surface area contributed by atoms with Crippen molar-refractivity contribution < 1.29 is 9.13 Å². The molecular weight excluding hydrogens is 417 g/mol. The molecule has 0 saturated heterocycles. The molecule has 2 aromatic heterocycles. The van der Waals surface area contributed by atoms with Crippen LogP contribution >= 0.6 is 11.3 Å². The smallest absolute Gasteiger partial charge is 0.328 e. The minimum absolute atomic E-state index is 0.0476. The number of nitrogens with one attached hydrogen (secondary N) is 1. The van der Waals surface area contributed by atoms with E-state index in [0.29, 0.717) is 11.6 Å². The standard InChI is InChI=1S/C23H28FN3O3S/c1-10-17(16-9-13-8-12(11(2)25)4-7-15(13)31-16)19(24)21(30-3)18-20(10)27(14-5-6-14)23(29)26-22(18)28/h9-12,14,17H,4-8,25H2,1-3H3,(H,26,28,29). The van der Waals surface area contributed by atoms with E-state index in [1.54, 1.807) is 15.9 Å². The number of allylic oxidation sites excluding steroid dienone is 1. The summed E-state index contributed by atoms with van der Waals surface area (Å²) in [4.78, 5) is 29.9. The summed E-state index contributed by atoms with van der Waals surface area (Å²) in [5.41, 5.74) is 7.15. The lowest BCUT2D eigenvalue weighted by Crippen LogP contribution is -2.38. The van der Waals surface area contributed by atoms with E-state index in [-0.39, 0.29) is 29.3 Å². The zero-order valence-corrected chi connectivity index (χ0v) is 18.9. The van der Waals surface area contributed by atoms with Crippen LogP contribution in [0, 0.1) is 5.92 Å². The molecule has 4 atom stereocenters. The molecular formula is C23H28FN3O3S. The van der Waals surface area contributed by atoms with E-state index in [4.69, 9.17) is 10.5 Å². The van der Waals surface area contributed by atoms with Gasteiger partial charge in [-0.15, -0.1) is 11.3 Å². The minimum Gasteiger partial charge on any atom is -0.493 e. The second-order valence-electron chi connectivity index (χ2n) is 9.23. The van der Waals surface area contributed by atoms with Gasteiger partial charge in [-0.05, 0) is 56.6 Å². The second-order valence-corrected chi connectivity index (χ2v) is 10.4. The molecule has 0 spiro atoms. The van der Waals surface area contributed by atoms with Gasteiger partial charge >= 0.3 is 5.69 Å². The van der Waals surface area contributed by atoms with Gasteiger partial charge in [-0.25, -0.2) is 9.18 Å². The van der Waals surface area contributed by atoms with Gasteiger partial charge in [0.25, 0.3) is 5.56 Å². The van der Waals surface area contributed by atoms with Gasteiger partial charge in [-0.3, -0.25) is 14.3 Å². The zero-order chi connectivity index (χ0) is 22.0. The lowest BCUT2D eigenvalue weighted by Gasteiger charge is -2.32. The number of aromatic amines is 1. The third kappa shape index (κ3) is 3.22. The van der Waals surface area contributed by atoms with Crippen molar-refractivity contribution in [3.05, 3.63) is 59.3 Å². The summed E-state index contributed by atoms with van der Waals surface area (Å²) < 4.78 is 22.9. The number of aromatic nitrogens is 2. The maximum absolute atomic E-state index is 15.8. The fraction of sp³-hybridized carbons (Fsp3) is 0.565. The van der Waals surface area contributed by atoms with Crippen LogP contribution < -0.4 is 17.0 Å². The first kappa shape index (κ1) is 20.7. The average molecular weight is 446 g/mol. The highest BCUT2D eigenvalue weighted by molar-refractivity contribution is 7.12. The predicted octanol–water partition coefficient (Wildman–Crippen LogP) is 3.57. The minimum atomic E-state index is -0.584. The summed E-state index contributed by atoms with van der Waals surface area (Å²) in [6.45, 7) is 3.96. The molecule has 31 heavy (non-hydrogen) atoms. The molecule has 5 rings (SSSR count). The van der Waals surface area contributed by atoms with E-state index in [9.17, 15) is 9.59 Å². The number of halogens is 1. The summed E-state index contributed by atoms with van der Waals surface area (Å²) in [5.74, 6) is -0.968. The molecule has 0 aromatic carbocycles. The molecule has 0 radical (unpaired) electrons. The predicted molar refractivity (Wildman–Crippen MR) is 119 cm³/mol. The average Bonchev–Trinajstić information content (AvgIpc) is 3.46. The zero-order valence-electron chi connectivity index (χ0n) is 18.0. The van der Waals surface area contributed by atoms with Gasteiger partial charge in [0, 0.05) is 33.4 Å². The molecule has 8 heteroatoms. The molecule has 0 aliphatic heterocycles. The Kier molecular flexibility index (Phi) is 4.97. The molecule has 166 valence electrons. The molecule has 6 nitrogen and oxygen atoms in total. The highest BCUT2D eigenvalue weighted by atomic mass is 32.1.